The number of Topliss-reactive ketones (excluding diaryl/α,β-unsaturated/α-hetero) is 1. The van der Waals surface area contributed by atoms with Gasteiger partial charge in [0.2, 0.25) is 0 Å². The first-order chi connectivity index (χ1) is 9.19. The van der Waals surface area contributed by atoms with E-state index in [9.17, 15) is 4.79 Å². The Bertz CT molecular complexity index is 564. The van der Waals surface area contributed by atoms with Gasteiger partial charge in [-0.15, -0.1) is 0 Å². The fourth-order valence-electron chi connectivity index (χ4n) is 1.56. The Labute approximate surface area is 116 Å². The van der Waals surface area contributed by atoms with Gasteiger partial charge in [0, 0.05) is 10.6 Å². The Hall–Kier alpha value is -2.00. The quantitative estimate of drug-likeness (QED) is 0.783. The van der Waals surface area contributed by atoms with E-state index in [4.69, 9.17) is 21.1 Å². The van der Waals surface area contributed by atoms with Gasteiger partial charge in [-0.1, -0.05) is 23.7 Å². The van der Waals surface area contributed by atoms with E-state index in [0.717, 1.165) is 0 Å². The normalized spacial score (nSPS) is 10.0. The lowest BCUT2D eigenvalue weighted by molar-refractivity contribution is 0.0921. The summed E-state index contributed by atoms with van der Waals surface area (Å²) in [6.45, 7) is -0.0190. The molecule has 0 saturated heterocycles. The maximum atomic E-state index is 11.9. The van der Waals surface area contributed by atoms with Crippen LogP contribution in [0.4, 0.5) is 0 Å². The Morgan fingerprint density at radius 2 is 1.84 bits per heavy atom. The molecule has 2 aromatic carbocycles. The second-order valence-electron chi connectivity index (χ2n) is 3.90. The predicted molar refractivity (Wildman–Crippen MR) is 74.3 cm³/mol. The van der Waals surface area contributed by atoms with Crippen molar-refractivity contribution in [1.82, 2.24) is 0 Å². The average molecular weight is 277 g/mol. The molecule has 0 bridgehead atoms. The van der Waals surface area contributed by atoms with E-state index >= 15 is 0 Å². The van der Waals surface area contributed by atoms with Crippen molar-refractivity contribution >= 4 is 17.4 Å². The molecule has 0 atom stereocenters. The van der Waals surface area contributed by atoms with Crippen molar-refractivity contribution in [1.29, 1.82) is 0 Å². The molecule has 0 heterocycles. The Morgan fingerprint density at radius 1 is 1.11 bits per heavy atom. The molecule has 0 radical (unpaired) electrons. The predicted octanol–water partition coefficient (Wildman–Crippen LogP) is 3.61. The van der Waals surface area contributed by atoms with Gasteiger partial charge in [-0.2, -0.15) is 0 Å². The molecule has 0 unspecified atom stereocenters. The van der Waals surface area contributed by atoms with E-state index in [1.165, 1.54) is 0 Å². The molecule has 0 aliphatic rings. The molecule has 2 aromatic rings. The van der Waals surface area contributed by atoms with Crippen LogP contribution < -0.4 is 9.47 Å². The molecule has 19 heavy (non-hydrogen) atoms. The third-order valence-electron chi connectivity index (χ3n) is 2.58. The Kier molecular flexibility index (Phi) is 4.42. The van der Waals surface area contributed by atoms with Crippen molar-refractivity contribution in [3.8, 4) is 11.5 Å². The van der Waals surface area contributed by atoms with Gasteiger partial charge in [0.15, 0.2) is 12.4 Å². The summed E-state index contributed by atoms with van der Waals surface area (Å²) in [5.41, 5.74) is 0.563. The number of rotatable bonds is 5. The minimum atomic E-state index is -0.103. The van der Waals surface area contributed by atoms with Crippen LogP contribution in [0.5, 0.6) is 11.5 Å². The molecular weight excluding hydrogens is 264 g/mol. The van der Waals surface area contributed by atoms with Gasteiger partial charge in [0.25, 0.3) is 0 Å². The van der Waals surface area contributed by atoms with E-state index < -0.39 is 0 Å². The second-order valence-corrected chi connectivity index (χ2v) is 4.33. The van der Waals surface area contributed by atoms with Gasteiger partial charge in [0.05, 0.1) is 7.11 Å². The van der Waals surface area contributed by atoms with Gasteiger partial charge < -0.3 is 9.47 Å². The highest BCUT2D eigenvalue weighted by Crippen LogP contribution is 2.17. The summed E-state index contributed by atoms with van der Waals surface area (Å²) in [7, 11) is 1.56. The van der Waals surface area contributed by atoms with Crippen molar-refractivity contribution < 1.29 is 14.3 Å². The molecule has 4 heteroatoms. The summed E-state index contributed by atoms with van der Waals surface area (Å²) in [5.74, 6) is 1.16. The van der Waals surface area contributed by atoms with Gasteiger partial charge in [0.1, 0.15) is 11.5 Å². The van der Waals surface area contributed by atoms with Crippen LogP contribution in [-0.4, -0.2) is 19.5 Å². The van der Waals surface area contributed by atoms with E-state index in [1.54, 1.807) is 55.6 Å². The number of benzene rings is 2. The molecular formula is C15H13ClO3. The van der Waals surface area contributed by atoms with Gasteiger partial charge in [-0.25, -0.2) is 0 Å². The molecule has 0 aliphatic heterocycles. The van der Waals surface area contributed by atoms with E-state index in [1.807, 2.05) is 0 Å². The standard InChI is InChI=1S/C15H13ClO3/c1-18-14-4-2-3-11(9-14)15(17)10-19-13-7-5-12(16)6-8-13/h2-9H,10H2,1H3. The van der Waals surface area contributed by atoms with Crippen molar-refractivity contribution in [2.45, 2.75) is 0 Å². The van der Waals surface area contributed by atoms with Gasteiger partial charge >= 0.3 is 0 Å². The maximum Gasteiger partial charge on any atom is 0.200 e. The lowest BCUT2D eigenvalue weighted by Crippen LogP contribution is -2.11. The topological polar surface area (TPSA) is 35.5 Å². The molecule has 3 nitrogen and oxygen atoms in total. The number of carbonyl (C=O) groups is 1. The fourth-order valence-corrected chi connectivity index (χ4v) is 1.69. The summed E-state index contributed by atoms with van der Waals surface area (Å²) in [6, 6.07) is 13.9. The average Bonchev–Trinajstić information content (AvgIpc) is 2.46. The molecule has 98 valence electrons. The number of hydrogen-bond donors (Lipinski definition) is 0. The lowest BCUT2D eigenvalue weighted by atomic mass is 10.1. The fraction of sp³-hybridized carbons (Fsp3) is 0.133. The van der Waals surface area contributed by atoms with Crippen LogP contribution in [0.1, 0.15) is 10.4 Å². The van der Waals surface area contributed by atoms with E-state index in [2.05, 4.69) is 0 Å². The first-order valence-corrected chi connectivity index (χ1v) is 6.12. The Balaban J connectivity index is 1.99. The van der Waals surface area contributed by atoms with Crippen LogP contribution in [0.2, 0.25) is 5.02 Å². The lowest BCUT2D eigenvalue weighted by Gasteiger charge is -2.06. The third-order valence-corrected chi connectivity index (χ3v) is 2.83. The monoisotopic (exact) mass is 276 g/mol. The Morgan fingerprint density at radius 3 is 2.53 bits per heavy atom. The maximum absolute atomic E-state index is 11.9. The number of halogens is 1. The van der Waals surface area contributed by atoms with Crippen LogP contribution in [0.3, 0.4) is 0 Å². The molecule has 2 rings (SSSR count). The summed E-state index contributed by atoms with van der Waals surface area (Å²) in [5, 5.41) is 0.631. The molecule has 0 N–H and O–H groups in total. The number of hydrogen-bond acceptors (Lipinski definition) is 3. The van der Waals surface area contributed by atoms with Crippen LogP contribution in [-0.2, 0) is 0 Å². The van der Waals surface area contributed by atoms with Crippen molar-refractivity contribution in [3.63, 3.8) is 0 Å². The van der Waals surface area contributed by atoms with Crippen LogP contribution in [0.15, 0.2) is 48.5 Å². The molecule has 0 saturated carbocycles. The number of methoxy groups -OCH3 is 1. The minimum absolute atomic E-state index is 0.0190. The van der Waals surface area contributed by atoms with Crippen molar-refractivity contribution in [3.05, 3.63) is 59.1 Å². The summed E-state index contributed by atoms with van der Waals surface area (Å²) >= 11 is 5.77. The summed E-state index contributed by atoms with van der Waals surface area (Å²) < 4.78 is 10.5. The molecule has 0 aliphatic carbocycles. The summed E-state index contributed by atoms with van der Waals surface area (Å²) in [4.78, 5) is 11.9. The second kappa shape index (κ2) is 6.25. The van der Waals surface area contributed by atoms with E-state index in [-0.39, 0.29) is 12.4 Å². The van der Waals surface area contributed by atoms with Crippen molar-refractivity contribution in [2.75, 3.05) is 13.7 Å². The first kappa shape index (κ1) is 13.4. The zero-order valence-corrected chi connectivity index (χ0v) is 11.2. The zero-order chi connectivity index (χ0) is 13.7. The zero-order valence-electron chi connectivity index (χ0n) is 10.4. The first-order valence-electron chi connectivity index (χ1n) is 5.74. The smallest absolute Gasteiger partial charge is 0.200 e. The highest BCUT2D eigenvalue weighted by molar-refractivity contribution is 6.30. The van der Waals surface area contributed by atoms with Crippen LogP contribution >= 0.6 is 11.6 Å². The van der Waals surface area contributed by atoms with Crippen LogP contribution in [0.25, 0.3) is 0 Å². The largest absolute Gasteiger partial charge is 0.497 e. The molecule has 0 aromatic heterocycles. The van der Waals surface area contributed by atoms with Crippen molar-refractivity contribution in [2.24, 2.45) is 0 Å². The third kappa shape index (κ3) is 3.73. The minimum Gasteiger partial charge on any atom is -0.497 e. The number of ether oxygens (including phenoxy) is 2. The highest BCUT2D eigenvalue weighted by atomic mass is 35.5. The molecule has 0 spiro atoms. The number of ketones is 1. The summed E-state index contributed by atoms with van der Waals surface area (Å²) in [6.07, 6.45) is 0. The number of carbonyl (C=O) groups excluding carboxylic acids is 1. The van der Waals surface area contributed by atoms with E-state index in [0.29, 0.717) is 22.1 Å². The van der Waals surface area contributed by atoms with Gasteiger partial charge in [-0.3, -0.25) is 4.79 Å². The molecule has 0 fully saturated rings. The SMILES string of the molecule is COc1cccc(C(=O)COc2ccc(Cl)cc2)c1. The van der Waals surface area contributed by atoms with Gasteiger partial charge in [-0.05, 0) is 36.4 Å². The van der Waals surface area contributed by atoms with Crippen LogP contribution in [0, 0.1) is 0 Å². The molecule has 0 amide bonds. The highest BCUT2D eigenvalue weighted by Gasteiger charge is 2.07.